The SMILES string of the molecule is C=C1CCN2CCN(c3ccc(/C=C(\C(C)=O)c4cc5cnc(C)cn5c4)c(O)c3)C[C@H]12. The van der Waals surface area contributed by atoms with Gasteiger partial charge in [0.25, 0.3) is 0 Å². The summed E-state index contributed by atoms with van der Waals surface area (Å²) in [6.07, 6.45) is 8.50. The van der Waals surface area contributed by atoms with E-state index in [0.717, 1.165) is 55.1 Å². The second-order valence-corrected chi connectivity index (χ2v) is 8.85. The number of carbonyl (C=O) groups is 1. The Morgan fingerprint density at radius 3 is 2.84 bits per heavy atom. The quantitative estimate of drug-likeness (QED) is 0.504. The zero-order valence-electron chi connectivity index (χ0n) is 18.6. The van der Waals surface area contributed by atoms with Gasteiger partial charge in [0.05, 0.1) is 17.4 Å². The van der Waals surface area contributed by atoms with E-state index in [2.05, 4.69) is 21.4 Å². The Kier molecular flexibility index (Phi) is 5.10. The van der Waals surface area contributed by atoms with Gasteiger partial charge in [0, 0.05) is 73.1 Å². The number of benzene rings is 1. The average molecular weight is 429 g/mol. The van der Waals surface area contributed by atoms with E-state index in [9.17, 15) is 9.90 Å². The number of aromatic hydroxyl groups is 1. The van der Waals surface area contributed by atoms with Gasteiger partial charge in [0.2, 0.25) is 0 Å². The fourth-order valence-corrected chi connectivity index (χ4v) is 4.82. The lowest BCUT2D eigenvalue weighted by Crippen LogP contribution is -2.50. The summed E-state index contributed by atoms with van der Waals surface area (Å²) in [5.41, 5.74) is 6.13. The molecule has 1 N–H and O–H groups in total. The van der Waals surface area contributed by atoms with Gasteiger partial charge in [0.15, 0.2) is 5.78 Å². The molecule has 0 spiro atoms. The number of hydrogen-bond donors (Lipinski definition) is 1. The molecule has 0 radical (unpaired) electrons. The monoisotopic (exact) mass is 428 g/mol. The molecule has 2 aromatic heterocycles. The predicted molar refractivity (Wildman–Crippen MR) is 128 cm³/mol. The van der Waals surface area contributed by atoms with Gasteiger partial charge < -0.3 is 14.4 Å². The highest BCUT2D eigenvalue weighted by Crippen LogP contribution is 2.32. The molecule has 0 bridgehead atoms. The Labute approximate surface area is 188 Å². The number of phenolic OH excluding ortho intramolecular Hbond substituents is 1. The smallest absolute Gasteiger partial charge is 0.160 e. The van der Waals surface area contributed by atoms with E-state index in [1.54, 1.807) is 25.3 Å². The van der Waals surface area contributed by atoms with Crippen molar-refractivity contribution in [3.05, 3.63) is 71.8 Å². The number of hydrogen-bond acceptors (Lipinski definition) is 5. The predicted octanol–water partition coefficient (Wildman–Crippen LogP) is 3.93. The molecule has 2 fully saturated rings. The molecular formula is C26H28N4O2. The molecule has 2 aliphatic rings. The average Bonchev–Trinajstić information content (AvgIpc) is 3.35. The van der Waals surface area contributed by atoms with Crippen LogP contribution in [0.1, 0.15) is 30.2 Å². The summed E-state index contributed by atoms with van der Waals surface area (Å²) in [5.74, 6) is 0.125. The molecule has 2 aliphatic heterocycles. The lowest BCUT2D eigenvalue weighted by Gasteiger charge is -2.39. The van der Waals surface area contributed by atoms with Gasteiger partial charge in [-0.2, -0.15) is 0 Å². The number of carbonyl (C=O) groups excluding carboxylic acids is 1. The van der Waals surface area contributed by atoms with Gasteiger partial charge in [-0.25, -0.2) is 0 Å². The van der Waals surface area contributed by atoms with E-state index >= 15 is 0 Å². The highest BCUT2D eigenvalue weighted by atomic mass is 16.3. The zero-order valence-corrected chi connectivity index (χ0v) is 18.6. The molecule has 1 aromatic carbocycles. The van der Waals surface area contributed by atoms with Crippen LogP contribution in [0.5, 0.6) is 5.75 Å². The molecule has 4 heterocycles. The fourth-order valence-electron chi connectivity index (χ4n) is 4.82. The molecule has 0 aliphatic carbocycles. The van der Waals surface area contributed by atoms with E-state index < -0.39 is 0 Å². The Morgan fingerprint density at radius 2 is 2.06 bits per heavy atom. The fraction of sp³-hybridized carbons (Fsp3) is 0.308. The first kappa shape index (κ1) is 20.5. The molecule has 0 unspecified atom stereocenters. The summed E-state index contributed by atoms with van der Waals surface area (Å²) >= 11 is 0. The van der Waals surface area contributed by atoms with Crippen molar-refractivity contribution in [2.75, 3.05) is 31.1 Å². The second-order valence-electron chi connectivity index (χ2n) is 8.85. The van der Waals surface area contributed by atoms with Crippen molar-refractivity contribution >= 4 is 28.6 Å². The van der Waals surface area contributed by atoms with Crippen LogP contribution < -0.4 is 4.90 Å². The molecule has 2 saturated heterocycles. The van der Waals surface area contributed by atoms with E-state index in [4.69, 9.17) is 0 Å². The minimum atomic E-state index is -0.0510. The summed E-state index contributed by atoms with van der Waals surface area (Å²) in [4.78, 5) is 21.6. The highest BCUT2D eigenvalue weighted by Gasteiger charge is 2.33. The summed E-state index contributed by atoms with van der Waals surface area (Å²) < 4.78 is 1.97. The number of ketones is 1. The zero-order chi connectivity index (χ0) is 22.4. The molecule has 164 valence electrons. The third kappa shape index (κ3) is 3.71. The van der Waals surface area contributed by atoms with Crippen LogP contribution in [0.4, 0.5) is 5.69 Å². The first-order valence-electron chi connectivity index (χ1n) is 11.1. The number of fused-ring (bicyclic) bond motifs is 2. The summed E-state index contributed by atoms with van der Waals surface area (Å²) in [7, 11) is 0. The molecule has 5 rings (SSSR count). The molecule has 0 amide bonds. The van der Waals surface area contributed by atoms with Crippen LogP contribution >= 0.6 is 0 Å². The lowest BCUT2D eigenvalue weighted by molar-refractivity contribution is -0.111. The van der Waals surface area contributed by atoms with Crippen LogP contribution in [-0.4, -0.2) is 57.4 Å². The van der Waals surface area contributed by atoms with Gasteiger partial charge in [-0.3, -0.25) is 14.7 Å². The number of Topliss-reactive ketones (excluding diaryl/α,β-unsaturated/α-hetero) is 1. The third-order valence-electron chi connectivity index (χ3n) is 6.66. The normalized spacial score (nSPS) is 19.6. The van der Waals surface area contributed by atoms with Crippen LogP contribution in [-0.2, 0) is 4.79 Å². The summed E-state index contributed by atoms with van der Waals surface area (Å²) in [5, 5.41) is 10.8. The van der Waals surface area contributed by atoms with Crippen molar-refractivity contribution in [1.82, 2.24) is 14.3 Å². The number of nitrogens with zero attached hydrogens (tertiary/aromatic N) is 4. The van der Waals surface area contributed by atoms with Crippen LogP contribution in [0.3, 0.4) is 0 Å². The maximum absolute atomic E-state index is 12.5. The highest BCUT2D eigenvalue weighted by molar-refractivity contribution is 6.24. The topological polar surface area (TPSA) is 61.1 Å². The number of allylic oxidation sites excluding steroid dienone is 1. The van der Waals surface area contributed by atoms with Gasteiger partial charge in [-0.1, -0.05) is 12.2 Å². The minimum Gasteiger partial charge on any atom is -0.507 e. The lowest BCUT2D eigenvalue weighted by atomic mass is 10.0. The maximum atomic E-state index is 12.5. The molecule has 6 heteroatoms. The standard InChI is InChI=1S/C26H28N4O2/c1-17-6-7-28-8-9-29(16-25(17)28)22-5-4-20(26(32)12-22)11-24(19(3)31)21-10-23-13-27-18(2)14-30(23)15-21/h4-5,10-15,25,32H,1,6-9,16H2,2-3H3/b24-11+/t25-/m1/s1. The van der Waals surface area contributed by atoms with Crippen LogP contribution in [0.15, 0.2) is 55.0 Å². The minimum absolute atomic E-state index is 0.0510. The first-order chi connectivity index (χ1) is 15.4. The second kappa shape index (κ2) is 7.95. The van der Waals surface area contributed by atoms with Crippen molar-refractivity contribution in [1.29, 1.82) is 0 Å². The molecular weight excluding hydrogens is 400 g/mol. The number of rotatable bonds is 4. The van der Waals surface area contributed by atoms with Gasteiger partial charge in [-0.15, -0.1) is 0 Å². The Bertz CT molecular complexity index is 1260. The van der Waals surface area contributed by atoms with Crippen LogP contribution in [0.2, 0.25) is 0 Å². The first-order valence-corrected chi connectivity index (χ1v) is 11.1. The number of anilines is 1. The van der Waals surface area contributed by atoms with Crippen molar-refractivity contribution < 1.29 is 9.90 Å². The van der Waals surface area contributed by atoms with Gasteiger partial charge >= 0.3 is 0 Å². The van der Waals surface area contributed by atoms with E-state index in [1.807, 2.05) is 41.9 Å². The summed E-state index contributed by atoms with van der Waals surface area (Å²) in [6, 6.07) is 8.07. The van der Waals surface area contributed by atoms with Crippen molar-refractivity contribution in [2.24, 2.45) is 0 Å². The molecule has 32 heavy (non-hydrogen) atoms. The van der Waals surface area contributed by atoms with E-state index in [0.29, 0.717) is 17.2 Å². The van der Waals surface area contributed by atoms with Crippen LogP contribution in [0, 0.1) is 6.92 Å². The number of aryl methyl sites for hydroxylation is 1. The maximum Gasteiger partial charge on any atom is 0.160 e. The number of piperazine rings is 1. The molecule has 1 atom stereocenters. The van der Waals surface area contributed by atoms with Crippen molar-refractivity contribution in [2.45, 2.75) is 26.3 Å². The Hall–Kier alpha value is -3.38. The van der Waals surface area contributed by atoms with Gasteiger partial charge in [0.1, 0.15) is 5.75 Å². The largest absolute Gasteiger partial charge is 0.507 e. The van der Waals surface area contributed by atoms with E-state index in [-0.39, 0.29) is 11.5 Å². The Morgan fingerprint density at radius 1 is 1.22 bits per heavy atom. The van der Waals surface area contributed by atoms with E-state index in [1.165, 1.54) is 5.57 Å². The number of aromatic nitrogens is 2. The number of phenols is 1. The molecule has 6 nitrogen and oxygen atoms in total. The van der Waals surface area contributed by atoms with Crippen LogP contribution in [0.25, 0.3) is 17.2 Å². The van der Waals surface area contributed by atoms with Crippen molar-refractivity contribution in [3.63, 3.8) is 0 Å². The summed E-state index contributed by atoms with van der Waals surface area (Å²) in [6.45, 7) is 11.7. The third-order valence-corrected chi connectivity index (χ3v) is 6.66. The Balaban J connectivity index is 1.44. The molecule has 3 aromatic rings. The van der Waals surface area contributed by atoms with Gasteiger partial charge in [-0.05, 0) is 44.5 Å². The van der Waals surface area contributed by atoms with Crippen molar-refractivity contribution in [3.8, 4) is 5.75 Å². The molecule has 0 saturated carbocycles.